The Bertz CT molecular complexity index is 260. The number of rotatable bonds is 9. The summed E-state index contributed by atoms with van der Waals surface area (Å²) >= 11 is 0. The molecule has 0 aliphatic rings. The predicted octanol–water partition coefficient (Wildman–Crippen LogP) is 1.25. The molecule has 1 amide bonds. The van der Waals surface area contributed by atoms with Gasteiger partial charge in [-0.05, 0) is 12.8 Å². The van der Waals surface area contributed by atoms with E-state index in [1.54, 1.807) is 0 Å². The van der Waals surface area contributed by atoms with Crippen LogP contribution in [0.15, 0.2) is 0 Å². The molecule has 0 radical (unpaired) electrons. The number of methoxy groups -OCH3 is 1. The molecule has 0 aliphatic carbocycles. The van der Waals surface area contributed by atoms with E-state index in [-0.39, 0.29) is 39.8 Å². The van der Waals surface area contributed by atoms with Gasteiger partial charge in [0.1, 0.15) is 6.10 Å². The molecule has 0 aromatic heterocycles. The Kier molecular flexibility index (Phi) is 9.83. The Labute approximate surface area is 110 Å². The van der Waals surface area contributed by atoms with E-state index in [2.05, 4.69) is 10.1 Å². The van der Waals surface area contributed by atoms with Crippen LogP contribution in [0.5, 0.6) is 0 Å². The smallest absolute Gasteiger partial charge is 0.307 e. The van der Waals surface area contributed by atoms with Crippen LogP contribution >= 0.6 is 9.03 Å². The third-order valence-corrected chi connectivity index (χ3v) is 2.85. The summed E-state index contributed by atoms with van der Waals surface area (Å²) in [5.41, 5.74) is 0. The zero-order valence-electron chi connectivity index (χ0n) is 11.3. The lowest BCUT2D eigenvalue weighted by Gasteiger charge is -2.19. The maximum atomic E-state index is 11.8. The molecule has 0 heterocycles. The van der Waals surface area contributed by atoms with Gasteiger partial charge in [-0.2, -0.15) is 0 Å². The van der Waals surface area contributed by atoms with Gasteiger partial charge in [0.15, 0.2) is 9.03 Å². The molecule has 18 heavy (non-hydrogen) atoms. The first-order chi connectivity index (χ1) is 8.52. The van der Waals surface area contributed by atoms with Gasteiger partial charge in [-0.25, -0.2) is 0 Å². The fraction of sp³-hybridized carbons (Fsp3) is 0.818. The first-order valence-corrected chi connectivity index (χ1v) is 6.71. The largest absolute Gasteiger partial charge is 0.469 e. The van der Waals surface area contributed by atoms with Crippen molar-refractivity contribution in [3.05, 3.63) is 0 Å². The van der Waals surface area contributed by atoms with Gasteiger partial charge in [0.05, 0.1) is 20.1 Å². The van der Waals surface area contributed by atoms with E-state index in [9.17, 15) is 9.59 Å². The zero-order chi connectivity index (χ0) is 14.0. The summed E-state index contributed by atoms with van der Waals surface area (Å²) in [6.45, 7) is 6.43. The van der Waals surface area contributed by atoms with Crippen LogP contribution in [0.3, 0.4) is 0 Å². The Balaban J connectivity index is 4.02. The number of carbonyl (C=O) groups is 2. The van der Waals surface area contributed by atoms with Gasteiger partial charge in [0, 0.05) is 6.54 Å². The van der Waals surface area contributed by atoms with Crippen LogP contribution in [0.25, 0.3) is 0 Å². The van der Waals surface area contributed by atoms with Crippen molar-refractivity contribution >= 4 is 20.9 Å². The molecule has 0 saturated carbocycles. The first-order valence-electron chi connectivity index (χ1n) is 5.89. The Hall–Kier alpha value is -0.710. The van der Waals surface area contributed by atoms with Gasteiger partial charge in [0.2, 0.25) is 5.91 Å². The average molecular weight is 279 g/mol. The van der Waals surface area contributed by atoms with E-state index in [4.69, 9.17) is 9.05 Å². The van der Waals surface area contributed by atoms with Crippen LogP contribution in [0, 0.1) is 5.92 Å². The molecule has 106 valence electrons. The molecule has 0 aliphatic heterocycles. The van der Waals surface area contributed by atoms with Gasteiger partial charge in [0.25, 0.3) is 0 Å². The molecule has 1 unspecified atom stereocenters. The van der Waals surface area contributed by atoms with Crippen LogP contribution in [0.4, 0.5) is 0 Å². The third kappa shape index (κ3) is 7.58. The van der Waals surface area contributed by atoms with Gasteiger partial charge in [-0.3, -0.25) is 9.59 Å². The first kappa shape index (κ1) is 17.3. The summed E-state index contributed by atoms with van der Waals surface area (Å²) in [4.78, 5) is 22.7. The van der Waals surface area contributed by atoms with Crippen LogP contribution in [-0.4, -0.2) is 38.2 Å². The summed E-state index contributed by atoms with van der Waals surface area (Å²) in [6, 6.07) is 0. The molecule has 0 bridgehead atoms. The lowest BCUT2D eigenvalue weighted by Crippen LogP contribution is -2.39. The number of hydrogen-bond acceptors (Lipinski definition) is 5. The second-order valence-corrected chi connectivity index (χ2v) is 4.61. The Morgan fingerprint density at radius 1 is 1.33 bits per heavy atom. The van der Waals surface area contributed by atoms with Crippen LogP contribution < -0.4 is 5.32 Å². The van der Waals surface area contributed by atoms with Crippen molar-refractivity contribution in [3.8, 4) is 0 Å². The highest BCUT2D eigenvalue weighted by molar-refractivity contribution is 7.26. The van der Waals surface area contributed by atoms with E-state index in [0.29, 0.717) is 6.61 Å². The Morgan fingerprint density at radius 2 is 2.00 bits per heavy atom. The molecule has 0 saturated heterocycles. The van der Waals surface area contributed by atoms with Gasteiger partial charge in [-0.1, -0.05) is 13.8 Å². The van der Waals surface area contributed by atoms with E-state index < -0.39 is 6.10 Å². The van der Waals surface area contributed by atoms with Crippen molar-refractivity contribution < 1.29 is 23.4 Å². The average Bonchev–Trinajstić information content (AvgIpc) is 2.33. The summed E-state index contributed by atoms with van der Waals surface area (Å²) in [6.07, 6.45) is -0.409. The van der Waals surface area contributed by atoms with E-state index in [0.717, 1.165) is 0 Å². The molecule has 0 rings (SSSR count). The molecule has 0 aromatic carbocycles. The molecule has 6 nitrogen and oxygen atoms in total. The van der Waals surface area contributed by atoms with Crippen LogP contribution in [0.2, 0.25) is 0 Å². The van der Waals surface area contributed by atoms with Crippen LogP contribution in [0.1, 0.15) is 27.2 Å². The summed E-state index contributed by atoms with van der Waals surface area (Å²) in [7, 11) is 1.16. The predicted molar refractivity (Wildman–Crippen MR) is 69.3 cm³/mol. The van der Waals surface area contributed by atoms with E-state index in [1.807, 2.05) is 20.8 Å². The highest BCUT2D eigenvalue weighted by Gasteiger charge is 2.23. The number of esters is 1. The summed E-state index contributed by atoms with van der Waals surface area (Å²) < 4.78 is 14.9. The third-order valence-electron chi connectivity index (χ3n) is 2.10. The van der Waals surface area contributed by atoms with Crippen molar-refractivity contribution in [1.29, 1.82) is 0 Å². The number of carbonyl (C=O) groups excluding carboxylic acids is 2. The maximum Gasteiger partial charge on any atom is 0.307 e. The normalized spacial score (nSPS) is 12.9. The molecule has 1 N–H and O–H groups in total. The zero-order valence-corrected chi connectivity index (χ0v) is 12.3. The SMILES string of the molecule is CCOPO[C@@H](C(=O)NCCC(=O)OC)C(C)C. The minimum atomic E-state index is -0.562. The highest BCUT2D eigenvalue weighted by atomic mass is 31.1. The molecule has 7 heteroatoms. The molecular formula is C11H22NO5P. The summed E-state index contributed by atoms with van der Waals surface area (Å²) in [5.74, 6) is -0.550. The lowest BCUT2D eigenvalue weighted by molar-refractivity contribution is -0.140. The molecule has 0 aromatic rings. The molecular weight excluding hydrogens is 257 g/mol. The number of ether oxygens (including phenoxy) is 1. The Morgan fingerprint density at radius 3 is 2.50 bits per heavy atom. The van der Waals surface area contributed by atoms with Crippen molar-refractivity contribution in [2.75, 3.05) is 20.3 Å². The topological polar surface area (TPSA) is 73.9 Å². The molecule has 2 atom stereocenters. The lowest BCUT2D eigenvalue weighted by atomic mass is 10.1. The number of nitrogens with one attached hydrogen (secondary N) is 1. The van der Waals surface area contributed by atoms with E-state index in [1.165, 1.54) is 7.11 Å². The fourth-order valence-corrected chi connectivity index (χ4v) is 1.80. The number of amides is 1. The van der Waals surface area contributed by atoms with Gasteiger partial charge < -0.3 is 19.1 Å². The highest BCUT2D eigenvalue weighted by Crippen LogP contribution is 2.21. The van der Waals surface area contributed by atoms with Crippen molar-refractivity contribution in [1.82, 2.24) is 5.32 Å². The second kappa shape index (κ2) is 10.2. The van der Waals surface area contributed by atoms with Gasteiger partial charge >= 0.3 is 5.97 Å². The quantitative estimate of drug-likeness (QED) is 0.390. The van der Waals surface area contributed by atoms with Crippen molar-refractivity contribution in [3.63, 3.8) is 0 Å². The number of hydrogen-bond donors (Lipinski definition) is 1. The maximum absolute atomic E-state index is 11.8. The minimum absolute atomic E-state index is 0.0380. The standard InChI is InChI=1S/C11H22NO5P/c1-5-16-18-17-10(8(2)3)11(14)12-7-6-9(13)15-4/h8,10,18H,5-7H2,1-4H3,(H,12,14)/t10-/m1/s1. The second-order valence-electron chi connectivity index (χ2n) is 3.92. The molecule has 0 fully saturated rings. The minimum Gasteiger partial charge on any atom is -0.469 e. The van der Waals surface area contributed by atoms with Crippen molar-refractivity contribution in [2.45, 2.75) is 33.3 Å². The van der Waals surface area contributed by atoms with Crippen LogP contribution in [-0.2, 0) is 23.4 Å². The monoisotopic (exact) mass is 279 g/mol. The van der Waals surface area contributed by atoms with Gasteiger partial charge in [-0.15, -0.1) is 0 Å². The summed E-state index contributed by atoms with van der Waals surface area (Å²) in [5, 5.41) is 2.64. The molecule has 0 spiro atoms. The van der Waals surface area contributed by atoms with E-state index >= 15 is 0 Å². The fourth-order valence-electron chi connectivity index (χ4n) is 1.13. The van der Waals surface area contributed by atoms with Crippen molar-refractivity contribution in [2.24, 2.45) is 5.92 Å².